The average molecular weight is 183 g/mol. The molecule has 0 aliphatic heterocycles. The first-order chi connectivity index (χ1) is 6.38. The van der Waals surface area contributed by atoms with Crippen molar-refractivity contribution in [3.63, 3.8) is 0 Å². The molecule has 0 saturated carbocycles. The Bertz CT molecular complexity index is 250. The molecule has 0 aliphatic carbocycles. The second-order valence-corrected chi connectivity index (χ2v) is 2.52. The first-order valence-corrected chi connectivity index (χ1v) is 4.05. The van der Waals surface area contributed by atoms with Crippen LogP contribution in [0.4, 0.5) is 4.39 Å². The Hall–Kier alpha value is -1.09. The van der Waals surface area contributed by atoms with E-state index in [4.69, 9.17) is 9.47 Å². The van der Waals surface area contributed by atoms with E-state index < -0.39 is 6.86 Å². The fraction of sp³-hybridized carbons (Fsp3) is 0.400. The summed E-state index contributed by atoms with van der Waals surface area (Å²) in [5.74, 6) is 0.474. The zero-order valence-electron chi connectivity index (χ0n) is 7.55. The van der Waals surface area contributed by atoms with Crippen molar-refractivity contribution in [2.24, 2.45) is 0 Å². The Kier molecular flexibility index (Phi) is 4.26. The molecular formula is C10H12FO2. The summed E-state index contributed by atoms with van der Waals surface area (Å²) in [7, 11) is 1.63. The SMILES string of the molecule is COCCc1ccc[c]c1OCF. The molecule has 0 atom stereocenters. The molecule has 0 unspecified atom stereocenters. The van der Waals surface area contributed by atoms with E-state index in [1.54, 1.807) is 13.2 Å². The van der Waals surface area contributed by atoms with Gasteiger partial charge < -0.3 is 9.47 Å². The maximum absolute atomic E-state index is 11.9. The largest absolute Gasteiger partial charge is 0.462 e. The summed E-state index contributed by atoms with van der Waals surface area (Å²) in [6.07, 6.45) is 0.711. The molecule has 0 fully saturated rings. The Morgan fingerprint density at radius 3 is 3.08 bits per heavy atom. The van der Waals surface area contributed by atoms with E-state index in [-0.39, 0.29) is 0 Å². The maximum atomic E-state index is 11.9. The summed E-state index contributed by atoms with van der Waals surface area (Å²) in [6.45, 7) is -0.221. The molecule has 0 N–H and O–H groups in total. The molecule has 1 radical (unpaired) electrons. The predicted molar refractivity (Wildman–Crippen MR) is 47.5 cm³/mol. The lowest BCUT2D eigenvalue weighted by molar-refractivity contribution is 0.183. The molecule has 2 nitrogen and oxygen atoms in total. The van der Waals surface area contributed by atoms with Gasteiger partial charge in [0.05, 0.1) is 6.61 Å². The van der Waals surface area contributed by atoms with Gasteiger partial charge in [0.1, 0.15) is 5.75 Å². The Labute approximate surface area is 77.3 Å². The third kappa shape index (κ3) is 3.03. The highest BCUT2D eigenvalue weighted by atomic mass is 19.1. The maximum Gasteiger partial charge on any atom is 0.228 e. The lowest BCUT2D eigenvalue weighted by Crippen LogP contribution is -1.99. The first-order valence-electron chi connectivity index (χ1n) is 4.05. The van der Waals surface area contributed by atoms with Crippen molar-refractivity contribution in [2.75, 3.05) is 20.6 Å². The van der Waals surface area contributed by atoms with Crippen molar-refractivity contribution in [1.82, 2.24) is 0 Å². The zero-order valence-corrected chi connectivity index (χ0v) is 7.55. The molecule has 0 aromatic heterocycles. The number of alkyl halides is 1. The summed E-state index contributed by atoms with van der Waals surface area (Å²) >= 11 is 0. The number of hydrogen-bond acceptors (Lipinski definition) is 2. The molecule has 0 aliphatic rings. The van der Waals surface area contributed by atoms with Gasteiger partial charge in [0, 0.05) is 13.2 Å². The average Bonchev–Trinajstić information content (AvgIpc) is 2.17. The number of rotatable bonds is 5. The number of para-hydroxylation sites is 1. The number of methoxy groups -OCH3 is 1. The zero-order chi connectivity index (χ0) is 9.52. The molecule has 1 rings (SSSR count). The fourth-order valence-electron chi connectivity index (χ4n) is 1.05. The van der Waals surface area contributed by atoms with Crippen LogP contribution in [0.1, 0.15) is 5.56 Å². The highest BCUT2D eigenvalue weighted by Gasteiger charge is 2.01. The van der Waals surface area contributed by atoms with E-state index in [1.807, 2.05) is 12.1 Å². The summed E-state index contributed by atoms with van der Waals surface area (Å²) in [5, 5.41) is 0. The van der Waals surface area contributed by atoms with Gasteiger partial charge in [-0.1, -0.05) is 18.2 Å². The van der Waals surface area contributed by atoms with Crippen LogP contribution < -0.4 is 4.74 Å². The quantitative estimate of drug-likeness (QED) is 0.695. The molecule has 0 bridgehead atoms. The minimum Gasteiger partial charge on any atom is -0.462 e. The van der Waals surface area contributed by atoms with Crippen LogP contribution in [0.2, 0.25) is 0 Å². The van der Waals surface area contributed by atoms with Crippen molar-refractivity contribution < 1.29 is 13.9 Å². The summed E-state index contributed by atoms with van der Waals surface area (Å²) in [5.41, 5.74) is 0.919. The van der Waals surface area contributed by atoms with Crippen LogP contribution in [0.3, 0.4) is 0 Å². The molecule has 3 heteroatoms. The van der Waals surface area contributed by atoms with Gasteiger partial charge in [-0.15, -0.1) is 0 Å². The molecular weight excluding hydrogens is 171 g/mol. The number of benzene rings is 1. The molecule has 0 amide bonds. The van der Waals surface area contributed by atoms with Crippen molar-refractivity contribution in [3.05, 3.63) is 29.8 Å². The van der Waals surface area contributed by atoms with Crippen molar-refractivity contribution in [1.29, 1.82) is 0 Å². The Balaban J connectivity index is 2.66. The van der Waals surface area contributed by atoms with Gasteiger partial charge in [-0.2, -0.15) is 0 Å². The Morgan fingerprint density at radius 2 is 2.38 bits per heavy atom. The van der Waals surface area contributed by atoms with Gasteiger partial charge in [-0.3, -0.25) is 0 Å². The topological polar surface area (TPSA) is 18.5 Å². The van der Waals surface area contributed by atoms with Gasteiger partial charge in [0.25, 0.3) is 0 Å². The van der Waals surface area contributed by atoms with Crippen LogP contribution in [-0.4, -0.2) is 20.6 Å². The van der Waals surface area contributed by atoms with Gasteiger partial charge >= 0.3 is 0 Å². The minimum absolute atomic E-state index is 0.474. The number of halogens is 1. The molecule has 0 spiro atoms. The lowest BCUT2D eigenvalue weighted by atomic mass is 10.1. The van der Waals surface area contributed by atoms with Gasteiger partial charge in [0.15, 0.2) is 0 Å². The highest BCUT2D eigenvalue weighted by Crippen LogP contribution is 2.17. The minimum atomic E-state index is -0.819. The Morgan fingerprint density at radius 1 is 1.54 bits per heavy atom. The highest BCUT2D eigenvalue weighted by molar-refractivity contribution is 5.32. The van der Waals surface area contributed by atoms with Crippen molar-refractivity contribution in [3.8, 4) is 5.75 Å². The number of ether oxygens (including phenoxy) is 2. The molecule has 0 saturated heterocycles. The molecule has 1 aromatic rings. The van der Waals surface area contributed by atoms with Gasteiger partial charge in [-0.25, -0.2) is 4.39 Å². The summed E-state index contributed by atoms with van der Waals surface area (Å²) in [4.78, 5) is 0. The van der Waals surface area contributed by atoms with E-state index in [0.29, 0.717) is 18.8 Å². The normalized spacial score (nSPS) is 10.0. The van der Waals surface area contributed by atoms with Gasteiger partial charge in [-0.05, 0) is 12.0 Å². The van der Waals surface area contributed by atoms with E-state index in [0.717, 1.165) is 5.56 Å². The van der Waals surface area contributed by atoms with Crippen LogP contribution in [-0.2, 0) is 11.2 Å². The smallest absolute Gasteiger partial charge is 0.228 e. The second kappa shape index (κ2) is 5.54. The van der Waals surface area contributed by atoms with Crippen molar-refractivity contribution >= 4 is 0 Å². The lowest BCUT2D eigenvalue weighted by Gasteiger charge is -2.07. The van der Waals surface area contributed by atoms with Crippen molar-refractivity contribution in [2.45, 2.75) is 6.42 Å². The van der Waals surface area contributed by atoms with Crippen LogP contribution in [0.15, 0.2) is 18.2 Å². The molecule has 1 aromatic carbocycles. The standard InChI is InChI=1S/C10H12FO2/c1-12-7-6-9-4-2-3-5-10(9)13-8-11/h2-4H,6-8H2,1H3. The van der Waals surface area contributed by atoms with Crippen LogP contribution >= 0.6 is 0 Å². The monoisotopic (exact) mass is 183 g/mol. The fourth-order valence-corrected chi connectivity index (χ4v) is 1.05. The predicted octanol–water partition coefficient (Wildman–Crippen LogP) is 1.98. The third-order valence-electron chi connectivity index (χ3n) is 1.67. The second-order valence-electron chi connectivity index (χ2n) is 2.52. The van der Waals surface area contributed by atoms with E-state index in [9.17, 15) is 4.39 Å². The molecule has 71 valence electrons. The van der Waals surface area contributed by atoms with E-state index in [1.165, 1.54) is 0 Å². The van der Waals surface area contributed by atoms with Crippen LogP contribution in [0, 0.1) is 6.07 Å². The van der Waals surface area contributed by atoms with Crippen LogP contribution in [0.5, 0.6) is 5.75 Å². The van der Waals surface area contributed by atoms with E-state index >= 15 is 0 Å². The third-order valence-corrected chi connectivity index (χ3v) is 1.67. The first kappa shape index (κ1) is 9.99. The molecule has 0 heterocycles. The number of hydrogen-bond donors (Lipinski definition) is 0. The molecule has 13 heavy (non-hydrogen) atoms. The van der Waals surface area contributed by atoms with Crippen LogP contribution in [0.25, 0.3) is 0 Å². The van der Waals surface area contributed by atoms with E-state index in [2.05, 4.69) is 6.07 Å². The summed E-state index contributed by atoms with van der Waals surface area (Å²) < 4.78 is 21.6. The van der Waals surface area contributed by atoms with Gasteiger partial charge in [0.2, 0.25) is 6.86 Å². The summed E-state index contributed by atoms with van der Waals surface area (Å²) in [6, 6.07) is 8.24.